The number of anilines is 1. The molecule has 0 saturated heterocycles. The van der Waals surface area contributed by atoms with Crippen molar-refractivity contribution in [2.75, 3.05) is 12.4 Å². The molecule has 5 heteroatoms. The Bertz CT molecular complexity index is 862. The summed E-state index contributed by atoms with van der Waals surface area (Å²) in [7, 11) is 1.65. The topological polar surface area (TPSA) is 37.6 Å². The number of aryl methyl sites for hydroxylation is 1. The zero-order valence-electron chi connectivity index (χ0n) is 14.9. The average molecular weight is 366 g/mol. The first-order valence-electron chi connectivity index (χ1n) is 8.42. The van der Waals surface area contributed by atoms with Gasteiger partial charge in [0.1, 0.15) is 11.5 Å². The fraction of sp³-hybridized carbons (Fsp3) is 0.190. The molecule has 0 amide bonds. The Labute approximate surface area is 159 Å². The van der Waals surface area contributed by atoms with Crippen LogP contribution in [-0.4, -0.2) is 17.1 Å². The maximum Gasteiger partial charge on any atom is 0.174 e. The minimum atomic E-state index is 0.594. The van der Waals surface area contributed by atoms with E-state index in [-0.39, 0.29) is 0 Å². The van der Waals surface area contributed by atoms with Gasteiger partial charge in [-0.1, -0.05) is 30.3 Å². The molecule has 0 fully saturated rings. The molecule has 0 aliphatic heterocycles. The zero-order chi connectivity index (χ0) is 18.4. The van der Waals surface area contributed by atoms with Crippen LogP contribution in [-0.2, 0) is 13.1 Å². The lowest BCUT2D eigenvalue weighted by Crippen LogP contribution is -2.34. The first-order valence-corrected chi connectivity index (χ1v) is 8.83. The number of hydrogen-bond donors (Lipinski definition) is 1. The number of nitrogens with one attached hydrogen (secondary N) is 1. The highest BCUT2D eigenvalue weighted by Crippen LogP contribution is 2.19. The van der Waals surface area contributed by atoms with E-state index >= 15 is 0 Å². The third-order valence-electron chi connectivity index (χ3n) is 4.16. The Kier molecular flexibility index (Phi) is 5.92. The van der Waals surface area contributed by atoms with Gasteiger partial charge in [0.2, 0.25) is 0 Å². The van der Waals surface area contributed by atoms with Crippen molar-refractivity contribution in [3.8, 4) is 5.75 Å². The van der Waals surface area contributed by atoms with Crippen molar-refractivity contribution in [3.63, 3.8) is 0 Å². The Hall–Kier alpha value is -2.79. The predicted molar refractivity (Wildman–Crippen MR) is 108 cm³/mol. The fourth-order valence-corrected chi connectivity index (χ4v) is 2.93. The van der Waals surface area contributed by atoms with Crippen molar-refractivity contribution in [2.24, 2.45) is 0 Å². The molecule has 26 heavy (non-hydrogen) atoms. The maximum absolute atomic E-state index is 5.68. The summed E-state index contributed by atoms with van der Waals surface area (Å²) in [6.07, 6.45) is 1.68. The summed E-state index contributed by atoms with van der Waals surface area (Å²) in [5, 5.41) is 3.94. The molecule has 3 rings (SSSR count). The SMILES string of the molecule is COc1cccc(NC(=S)N(Cc2ccco2)Cc2ccccc2C)c1. The van der Waals surface area contributed by atoms with Crippen LogP contribution in [0.25, 0.3) is 0 Å². The molecule has 134 valence electrons. The summed E-state index contributed by atoms with van der Waals surface area (Å²) in [5.74, 6) is 1.66. The van der Waals surface area contributed by atoms with Crippen LogP contribution in [0.3, 0.4) is 0 Å². The normalized spacial score (nSPS) is 10.4. The average Bonchev–Trinajstić information content (AvgIpc) is 3.16. The molecular formula is C21H22N2O2S. The molecule has 1 N–H and O–H groups in total. The summed E-state index contributed by atoms with van der Waals surface area (Å²) >= 11 is 5.68. The number of ether oxygens (including phenoxy) is 1. The van der Waals surface area contributed by atoms with Crippen molar-refractivity contribution >= 4 is 23.0 Å². The second-order valence-electron chi connectivity index (χ2n) is 6.02. The van der Waals surface area contributed by atoms with Crippen molar-refractivity contribution in [1.29, 1.82) is 0 Å². The molecule has 2 aromatic carbocycles. The highest BCUT2D eigenvalue weighted by atomic mass is 32.1. The van der Waals surface area contributed by atoms with Crippen LogP contribution >= 0.6 is 12.2 Å². The molecule has 0 aliphatic rings. The lowest BCUT2D eigenvalue weighted by Gasteiger charge is -2.26. The Balaban J connectivity index is 1.79. The largest absolute Gasteiger partial charge is 0.497 e. The number of furan rings is 1. The summed E-state index contributed by atoms with van der Waals surface area (Å²) < 4.78 is 10.8. The van der Waals surface area contributed by atoms with E-state index in [1.165, 1.54) is 11.1 Å². The van der Waals surface area contributed by atoms with Gasteiger partial charge in [0.05, 0.1) is 19.9 Å². The van der Waals surface area contributed by atoms with Gasteiger partial charge < -0.3 is 19.4 Å². The van der Waals surface area contributed by atoms with E-state index in [4.69, 9.17) is 21.4 Å². The smallest absolute Gasteiger partial charge is 0.174 e. The molecule has 0 atom stereocenters. The van der Waals surface area contributed by atoms with E-state index in [0.29, 0.717) is 18.2 Å². The number of benzene rings is 2. The number of rotatable bonds is 6. The summed E-state index contributed by atoms with van der Waals surface area (Å²) in [6.45, 7) is 3.40. The van der Waals surface area contributed by atoms with Crippen LogP contribution in [0.4, 0.5) is 5.69 Å². The molecular weight excluding hydrogens is 344 g/mol. The van der Waals surface area contributed by atoms with Crippen LogP contribution in [0.1, 0.15) is 16.9 Å². The van der Waals surface area contributed by atoms with Crippen LogP contribution in [0.5, 0.6) is 5.75 Å². The number of methoxy groups -OCH3 is 1. The van der Waals surface area contributed by atoms with E-state index in [9.17, 15) is 0 Å². The Morgan fingerprint density at radius 1 is 1.08 bits per heavy atom. The molecule has 0 saturated carbocycles. The van der Waals surface area contributed by atoms with Crippen LogP contribution in [0, 0.1) is 6.92 Å². The van der Waals surface area contributed by atoms with Crippen molar-refractivity contribution in [2.45, 2.75) is 20.0 Å². The molecule has 4 nitrogen and oxygen atoms in total. The monoisotopic (exact) mass is 366 g/mol. The van der Waals surface area contributed by atoms with E-state index in [0.717, 1.165) is 17.2 Å². The Morgan fingerprint density at radius 3 is 2.65 bits per heavy atom. The molecule has 1 aromatic heterocycles. The van der Waals surface area contributed by atoms with Gasteiger partial charge in [-0.2, -0.15) is 0 Å². The minimum absolute atomic E-state index is 0.594. The standard InChI is InChI=1S/C21H22N2O2S/c1-16-7-3-4-8-17(16)14-23(15-20-11-6-12-25-20)21(26)22-18-9-5-10-19(13-18)24-2/h3-13H,14-15H2,1-2H3,(H,22,26). The highest BCUT2D eigenvalue weighted by Gasteiger charge is 2.14. The van der Waals surface area contributed by atoms with Gasteiger partial charge in [0, 0.05) is 18.3 Å². The van der Waals surface area contributed by atoms with Gasteiger partial charge in [-0.15, -0.1) is 0 Å². The van der Waals surface area contributed by atoms with Gasteiger partial charge in [-0.25, -0.2) is 0 Å². The summed E-state index contributed by atoms with van der Waals surface area (Å²) in [5.41, 5.74) is 3.36. The van der Waals surface area contributed by atoms with Gasteiger partial charge in [-0.05, 0) is 54.5 Å². The quantitative estimate of drug-likeness (QED) is 0.622. The molecule has 1 heterocycles. The van der Waals surface area contributed by atoms with Crippen molar-refractivity contribution in [3.05, 3.63) is 83.8 Å². The third-order valence-corrected chi connectivity index (χ3v) is 4.52. The molecule has 0 radical (unpaired) electrons. The minimum Gasteiger partial charge on any atom is -0.497 e. The van der Waals surface area contributed by atoms with Crippen LogP contribution in [0.2, 0.25) is 0 Å². The second-order valence-corrected chi connectivity index (χ2v) is 6.41. The lowest BCUT2D eigenvalue weighted by atomic mass is 10.1. The maximum atomic E-state index is 5.68. The number of nitrogens with zero attached hydrogens (tertiary/aromatic N) is 1. The van der Waals surface area contributed by atoms with Gasteiger partial charge in [0.25, 0.3) is 0 Å². The highest BCUT2D eigenvalue weighted by molar-refractivity contribution is 7.80. The van der Waals surface area contributed by atoms with E-state index in [1.807, 2.05) is 48.5 Å². The number of thiocarbonyl (C=S) groups is 1. The molecule has 0 unspecified atom stereocenters. The Morgan fingerprint density at radius 2 is 1.92 bits per heavy atom. The van der Waals surface area contributed by atoms with Gasteiger partial charge in [0.15, 0.2) is 5.11 Å². The van der Waals surface area contributed by atoms with E-state index in [2.05, 4.69) is 29.3 Å². The molecule has 3 aromatic rings. The van der Waals surface area contributed by atoms with E-state index in [1.54, 1.807) is 13.4 Å². The van der Waals surface area contributed by atoms with E-state index < -0.39 is 0 Å². The lowest BCUT2D eigenvalue weighted by molar-refractivity contribution is 0.359. The first kappa shape index (κ1) is 18.0. The van der Waals surface area contributed by atoms with Crippen LogP contribution < -0.4 is 10.1 Å². The third kappa shape index (κ3) is 4.64. The second kappa shape index (κ2) is 8.54. The summed E-state index contributed by atoms with van der Waals surface area (Å²) in [4.78, 5) is 2.09. The molecule has 0 bridgehead atoms. The first-order chi connectivity index (χ1) is 12.7. The molecule has 0 aliphatic carbocycles. The van der Waals surface area contributed by atoms with Crippen molar-refractivity contribution < 1.29 is 9.15 Å². The zero-order valence-corrected chi connectivity index (χ0v) is 15.8. The molecule has 0 spiro atoms. The van der Waals surface area contributed by atoms with Crippen LogP contribution in [0.15, 0.2) is 71.3 Å². The predicted octanol–water partition coefficient (Wildman–Crippen LogP) is 5.00. The van der Waals surface area contributed by atoms with Gasteiger partial charge in [-0.3, -0.25) is 0 Å². The van der Waals surface area contributed by atoms with Crippen molar-refractivity contribution in [1.82, 2.24) is 4.90 Å². The summed E-state index contributed by atoms with van der Waals surface area (Å²) in [6, 6.07) is 19.9. The number of hydrogen-bond acceptors (Lipinski definition) is 3. The van der Waals surface area contributed by atoms with Gasteiger partial charge >= 0.3 is 0 Å². The fourth-order valence-electron chi connectivity index (χ4n) is 2.69.